The predicted molar refractivity (Wildman–Crippen MR) is 70.6 cm³/mol. The second-order valence-electron chi connectivity index (χ2n) is 4.44. The highest BCUT2D eigenvalue weighted by Gasteiger charge is 2.17. The summed E-state index contributed by atoms with van der Waals surface area (Å²) in [6.07, 6.45) is 2.13. The molecule has 3 amide bonds. The molecular weight excluding hydrogens is 256 g/mol. The fourth-order valence-corrected chi connectivity index (χ4v) is 1.22. The van der Waals surface area contributed by atoms with Gasteiger partial charge in [0, 0.05) is 24.1 Å². The number of thioether (sulfide) groups is 1. The Morgan fingerprint density at radius 2 is 1.83 bits per heavy atom. The normalized spacial score (nSPS) is 10.8. The van der Waals surface area contributed by atoms with E-state index in [9.17, 15) is 14.4 Å². The summed E-state index contributed by atoms with van der Waals surface area (Å²) in [5, 5.41) is 13.2. The van der Waals surface area contributed by atoms with Crippen molar-refractivity contribution in [2.75, 3.05) is 12.8 Å². The van der Waals surface area contributed by atoms with Crippen LogP contribution >= 0.6 is 11.8 Å². The molecule has 0 unspecified atom stereocenters. The lowest BCUT2D eigenvalue weighted by Gasteiger charge is -2.22. The van der Waals surface area contributed by atoms with Gasteiger partial charge in [0.15, 0.2) is 0 Å². The van der Waals surface area contributed by atoms with Gasteiger partial charge in [-0.2, -0.15) is 11.8 Å². The molecule has 104 valence electrons. The summed E-state index contributed by atoms with van der Waals surface area (Å²) < 4.78 is -0.0936. The van der Waals surface area contributed by atoms with Crippen LogP contribution in [0.3, 0.4) is 0 Å². The second kappa shape index (κ2) is 7.97. The third-order valence-corrected chi connectivity index (χ3v) is 3.52. The molecular formula is C11H20N2O4S. The van der Waals surface area contributed by atoms with Crippen LogP contribution in [0.1, 0.15) is 33.1 Å². The number of urea groups is 1. The summed E-state index contributed by atoms with van der Waals surface area (Å²) in [4.78, 5) is 32.8. The van der Waals surface area contributed by atoms with E-state index in [-0.39, 0.29) is 24.0 Å². The van der Waals surface area contributed by atoms with E-state index in [1.165, 1.54) is 0 Å². The number of carboxylic acids is 1. The zero-order chi connectivity index (χ0) is 14.2. The van der Waals surface area contributed by atoms with Crippen molar-refractivity contribution in [3.8, 4) is 0 Å². The first-order chi connectivity index (χ1) is 8.26. The molecule has 18 heavy (non-hydrogen) atoms. The molecule has 0 saturated heterocycles. The first kappa shape index (κ1) is 16.8. The van der Waals surface area contributed by atoms with Crippen molar-refractivity contribution >= 4 is 29.7 Å². The molecule has 0 radical (unpaired) electrons. The van der Waals surface area contributed by atoms with Crippen LogP contribution in [-0.4, -0.2) is 40.6 Å². The van der Waals surface area contributed by atoms with Crippen LogP contribution in [0, 0.1) is 0 Å². The van der Waals surface area contributed by atoms with Crippen molar-refractivity contribution in [2.24, 2.45) is 0 Å². The second-order valence-corrected chi connectivity index (χ2v) is 5.96. The zero-order valence-corrected chi connectivity index (χ0v) is 11.7. The Morgan fingerprint density at radius 3 is 2.33 bits per heavy atom. The maximum Gasteiger partial charge on any atom is 0.321 e. The molecule has 0 rings (SSSR count). The quantitative estimate of drug-likeness (QED) is 0.649. The molecule has 0 aliphatic carbocycles. The zero-order valence-electron chi connectivity index (χ0n) is 10.9. The Morgan fingerprint density at radius 1 is 1.22 bits per heavy atom. The van der Waals surface area contributed by atoms with Crippen LogP contribution in [0.15, 0.2) is 0 Å². The smallest absolute Gasteiger partial charge is 0.321 e. The molecule has 6 nitrogen and oxygen atoms in total. The van der Waals surface area contributed by atoms with Crippen molar-refractivity contribution in [3.05, 3.63) is 0 Å². The maximum absolute atomic E-state index is 11.3. The highest BCUT2D eigenvalue weighted by atomic mass is 32.2. The SMILES string of the molecule is CSC(C)(C)CNC(=O)NC(=O)CCCC(=O)O. The molecule has 0 aromatic rings. The van der Waals surface area contributed by atoms with Gasteiger partial charge in [-0.15, -0.1) is 0 Å². The van der Waals surface area contributed by atoms with E-state index in [2.05, 4.69) is 10.6 Å². The maximum atomic E-state index is 11.3. The summed E-state index contributed by atoms with van der Waals surface area (Å²) in [6.45, 7) is 4.40. The molecule has 0 aromatic heterocycles. The van der Waals surface area contributed by atoms with Gasteiger partial charge in [-0.3, -0.25) is 14.9 Å². The van der Waals surface area contributed by atoms with E-state index in [0.717, 1.165) is 0 Å². The number of carbonyl (C=O) groups excluding carboxylic acids is 2. The molecule has 7 heteroatoms. The number of rotatable bonds is 7. The van der Waals surface area contributed by atoms with Gasteiger partial charge in [0.25, 0.3) is 0 Å². The average molecular weight is 276 g/mol. The summed E-state index contributed by atoms with van der Waals surface area (Å²) in [7, 11) is 0. The van der Waals surface area contributed by atoms with E-state index < -0.39 is 17.9 Å². The number of carboxylic acid groups (broad SMARTS) is 1. The number of carbonyl (C=O) groups is 3. The minimum absolute atomic E-state index is 0.0334. The lowest BCUT2D eigenvalue weighted by molar-refractivity contribution is -0.137. The third-order valence-electron chi connectivity index (χ3n) is 2.27. The first-order valence-electron chi connectivity index (χ1n) is 5.61. The van der Waals surface area contributed by atoms with Gasteiger partial charge in [-0.25, -0.2) is 4.79 Å². The van der Waals surface area contributed by atoms with Gasteiger partial charge >= 0.3 is 12.0 Å². The summed E-state index contributed by atoms with van der Waals surface area (Å²) >= 11 is 1.61. The number of imide groups is 1. The number of amides is 3. The topological polar surface area (TPSA) is 95.5 Å². The Kier molecular flexibility index (Phi) is 7.42. The Bertz CT molecular complexity index is 318. The van der Waals surface area contributed by atoms with Gasteiger partial charge in [-0.1, -0.05) is 0 Å². The van der Waals surface area contributed by atoms with Gasteiger partial charge < -0.3 is 10.4 Å². The lowest BCUT2D eigenvalue weighted by Crippen LogP contribution is -2.44. The fourth-order valence-electron chi connectivity index (χ4n) is 0.999. The van der Waals surface area contributed by atoms with Crippen LogP contribution in [0.5, 0.6) is 0 Å². The monoisotopic (exact) mass is 276 g/mol. The predicted octanol–water partition coefficient (Wildman–Crippen LogP) is 1.21. The van der Waals surface area contributed by atoms with Crippen molar-refractivity contribution < 1.29 is 19.5 Å². The van der Waals surface area contributed by atoms with Gasteiger partial charge in [0.1, 0.15) is 0 Å². The van der Waals surface area contributed by atoms with Crippen LogP contribution < -0.4 is 10.6 Å². The Balaban J connectivity index is 3.81. The molecule has 0 heterocycles. The molecule has 0 aliphatic rings. The average Bonchev–Trinajstić information content (AvgIpc) is 2.26. The van der Waals surface area contributed by atoms with Crippen LogP contribution in [0.4, 0.5) is 4.79 Å². The summed E-state index contributed by atoms with van der Waals surface area (Å²) in [5.41, 5.74) is 0. The van der Waals surface area contributed by atoms with Crippen LogP contribution in [0.2, 0.25) is 0 Å². The van der Waals surface area contributed by atoms with Crippen molar-refractivity contribution in [2.45, 2.75) is 37.9 Å². The molecule has 0 saturated carbocycles. The first-order valence-corrected chi connectivity index (χ1v) is 6.84. The largest absolute Gasteiger partial charge is 0.481 e. The molecule has 0 aliphatic heterocycles. The van der Waals surface area contributed by atoms with E-state index >= 15 is 0 Å². The van der Waals surface area contributed by atoms with Gasteiger partial charge in [-0.05, 0) is 26.5 Å². The van der Waals surface area contributed by atoms with E-state index in [1.54, 1.807) is 11.8 Å². The fraction of sp³-hybridized carbons (Fsp3) is 0.727. The van der Waals surface area contributed by atoms with E-state index in [0.29, 0.717) is 6.54 Å². The van der Waals surface area contributed by atoms with Crippen molar-refractivity contribution in [1.82, 2.24) is 10.6 Å². The number of hydrogen-bond acceptors (Lipinski definition) is 4. The molecule has 0 fully saturated rings. The van der Waals surface area contributed by atoms with Crippen LogP contribution in [0.25, 0.3) is 0 Å². The number of aliphatic carboxylic acids is 1. The van der Waals surface area contributed by atoms with Gasteiger partial charge in [0.05, 0.1) is 0 Å². The minimum Gasteiger partial charge on any atom is -0.481 e. The van der Waals surface area contributed by atoms with Gasteiger partial charge in [0.2, 0.25) is 5.91 Å². The highest BCUT2D eigenvalue weighted by Crippen LogP contribution is 2.19. The molecule has 0 atom stereocenters. The highest BCUT2D eigenvalue weighted by molar-refractivity contribution is 7.99. The number of nitrogens with one attached hydrogen (secondary N) is 2. The van der Waals surface area contributed by atoms with E-state index in [1.807, 2.05) is 20.1 Å². The molecule has 0 bridgehead atoms. The Hall–Kier alpha value is -1.24. The summed E-state index contributed by atoms with van der Waals surface area (Å²) in [6, 6.07) is -0.544. The summed E-state index contributed by atoms with van der Waals surface area (Å²) in [5.74, 6) is -1.41. The minimum atomic E-state index is -0.950. The standard InChI is InChI=1S/C11H20N2O4S/c1-11(2,18-3)7-12-10(17)13-8(14)5-4-6-9(15)16/h4-7H2,1-3H3,(H,15,16)(H2,12,13,14,17). The lowest BCUT2D eigenvalue weighted by atomic mass is 10.2. The van der Waals surface area contributed by atoms with Crippen LogP contribution in [-0.2, 0) is 9.59 Å². The third kappa shape index (κ3) is 8.86. The molecule has 3 N–H and O–H groups in total. The number of hydrogen-bond donors (Lipinski definition) is 3. The van der Waals surface area contributed by atoms with Crippen molar-refractivity contribution in [1.29, 1.82) is 0 Å². The Labute approximate surface area is 111 Å². The molecule has 0 spiro atoms. The molecule has 0 aromatic carbocycles. The van der Waals surface area contributed by atoms with Crippen molar-refractivity contribution in [3.63, 3.8) is 0 Å². The van der Waals surface area contributed by atoms with E-state index in [4.69, 9.17) is 5.11 Å².